The molecule has 1 nitrogen and oxygen atoms in total. The lowest BCUT2D eigenvalue weighted by Gasteiger charge is -2.17. The number of rotatable bonds is 3. The Labute approximate surface area is 87.2 Å². The van der Waals surface area contributed by atoms with Gasteiger partial charge in [-0.15, -0.1) is 0 Å². The molecule has 0 bridgehead atoms. The van der Waals surface area contributed by atoms with Gasteiger partial charge in [0.2, 0.25) is 0 Å². The summed E-state index contributed by atoms with van der Waals surface area (Å²) in [4.78, 5) is 0. The summed E-state index contributed by atoms with van der Waals surface area (Å²) in [6.07, 6.45) is 6.72. The smallest absolute Gasteiger partial charge is 0.169 e. The summed E-state index contributed by atoms with van der Waals surface area (Å²) in [5.41, 5.74) is 0.260. The quantitative estimate of drug-likeness (QED) is 0.579. The van der Waals surface area contributed by atoms with Gasteiger partial charge in [0, 0.05) is 32.4 Å². The predicted octanol–water partition coefficient (Wildman–Crippen LogP) is -0.487. The zero-order valence-corrected chi connectivity index (χ0v) is 9.38. The van der Waals surface area contributed by atoms with Crippen LogP contribution in [0, 0.1) is 0 Å². The number of hydrogen-bond donors (Lipinski definition) is 0. The first-order valence-corrected chi connectivity index (χ1v) is 4.63. The van der Waals surface area contributed by atoms with E-state index in [1.165, 1.54) is 12.8 Å². The van der Waals surface area contributed by atoms with Gasteiger partial charge in [0.25, 0.3) is 0 Å². The Morgan fingerprint density at radius 1 is 1.08 bits per heavy atom. The second kappa shape index (κ2) is 5.23. The second-order valence-electron chi connectivity index (χ2n) is 3.85. The highest BCUT2D eigenvalue weighted by Crippen LogP contribution is 2.13. The Bertz CT molecular complexity index is 231. The van der Waals surface area contributed by atoms with E-state index in [0.29, 0.717) is 0 Å². The zero-order valence-electron chi connectivity index (χ0n) is 8.63. The minimum absolute atomic E-state index is 0. The van der Waals surface area contributed by atoms with Crippen LogP contribution in [0.1, 0.15) is 33.6 Å². The first-order chi connectivity index (χ1) is 5.67. The summed E-state index contributed by atoms with van der Waals surface area (Å²) in [6, 6.07) is 6.22. The number of aromatic nitrogens is 1. The fourth-order valence-corrected chi connectivity index (χ4v) is 1.54. The molecular weight excluding hydrogens is 182 g/mol. The minimum Gasteiger partial charge on any atom is -1.00 e. The fourth-order valence-electron chi connectivity index (χ4n) is 1.54. The van der Waals surface area contributed by atoms with E-state index in [1.807, 2.05) is 0 Å². The van der Waals surface area contributed by atoms with Gasteiger partial charge in [-0.1, -0.05) is 13.0 Å². The molecule has 2 heteroatoms. The normalized spacial score (nSPS) is 10.7. The van der Waals surface area contributed by atoms with Gasteiger partial charge in [-0.05, 0) is 6.42 Å². The van der Waals surface area contributed by atoms with E-state index in [9.17, 15) is 0 Å². The van der Waals surface area contributed by atoms with E-state index in [1.54, 1.807) is 0 Å². The van der Waals surface area contributed by atoms with E-state index < -0.39 is 0 Å². The third kappa shape index (κ3) is 3.35. The molecule has 0 saturated carbocycles. The third-order valence-corrected chi connectivity index (χ3v) is 2.28. The molecule has 0 radical (unpaired) electrons. The maximum Gasteiger partial charge on any atom is 0.169 e. The van der Waals surface area contributed by atoms with Crippen molar-refractivity contribution in [3.05, 3.63) is 30.6 Å². The average molecular weight is 200 g/mol. The Morgan fingerprint density at radius 2 is 1.62 bits per heavy atom. The van der Waals surface area contributed by atoms with E-state index in [2.05, 4.69) is 55.9 Å². The van der Waals surface area contributed by atoms with Crippen LogP contribution in [0.4, 0.5) is 0 Å². The molecule has 1 aromatic rings. The lowest BCUT2D eigenvalue weighted by molar-refractivity contribution is -0.758. The molecule has 0 aromatic carbocycles. The van der Waals surface area contributed by atoms with Gasteiger partial charge < -0.3 is 12.4 Å². The summed E-state index contributed by atoms with van der Waals surface area (Å²) >= 11 is 0. The first kappa shape index (κ1) is 12.4. The van der Waals surface area contributed by atoms with E-state index in [-0.39, 0.29) is 17.9 Å². The van der Waals surface area contributed by atoms with Crippen LogP contribution in [0.25, 0.3) is 0 Å². The SMILES string of the molecule is CCCC(C)(C)[n+]1ccccc1.[Cl-]. The molecule has 0 aliphatic heterocycles. The Kier molecular flexibility index (Phi) is 5.01. The Morgan fingerprint density at radius 3 is 2.08 bits per heavy atom. The molecule has 0 aliphatic carbocycles. The Balaban J connectivity index is 0.00000144. The Hall–Kier alpha value is -0.560. The molecule has 0 amide bonds. The maximum absolute atomic E-state index is 2.27. The van der Waals surface area contributed by atoms with Crippen molar-refractivity contribution in [2.24, 2.45) is 0 Å². The molecule has 0 fully saturated rings. The van der Waals surface area contributed by atoms with Crippen molar-refractivity contribution in [2.75, 3.05) is 0 Å². The summed E-state index contributed by atoms with van der Waals surface area (Å²) in [6.45, 7) is 6.78. The van der Waals surface area contributed by atoms with Gasteiger partial charge in [0.15, 0.2) is 17.9 Å². The average Bonchev–Trinajstić information content (AvgIpc) is 2.06. The molecule has 0 saturated heterocycles. The van der Waals surface area contributed by atoms with Crippen LogP contribution in [0.15, 0.2) is 30.6 Å². The van der Waals surface area contributed by atoms with Crippen LogP contribution < -0.4 is 17.0 Å². The van der Waals surface area contributed by atoms with Crippen LogP contribution in [0.5, 0.6) is 0 Å². The van der Waals surface area contributed by atoms with Crippen LogP contribution in [-0.2, 0) is 5.54 Å². The molecule has 0 spiro atoms. The van der Waals surface area contributed by atoms with Gasteiger partial charge in [0.05, 0.1) is 0 Å². The van der Waals surface area contributed by atoms with Crippen LogP contribution in [0.2, 0.25) is 0 Å². The first-order valence-electron chi connectivity index (χ1n) is 4.63. The van der Waals surface area contributed by atoms with Crippen molar-refractivity contribution in [1.82, 2.24) is 0 Å². The predicted molar refractivity (Wildman–Crippen MR) is 50.9 cm³/mol. The monoisotopic (exact) mass is 199 g/mol. The molecule has 13 heavy (non-hydrogen) atoms. The van der Waals surface area contributed by atoms with Crippen molar-refractivity contribution in [3.8, 4) is 0 Å². The van der Waals surface area contributed by atoms with Gasteiger partial charge >= 0.3 is 0 Å². The molecule has 0 unspecified atom stereocenters. The van der Waals surface area contributed by atoms with Crippen molar-refractivity contribution in [3.63, 3.8) is 0 Å². The number of nitrogens with zero attached hydrogens (tertiary/aromatic N) is 1. The highest BCUT2D eigenvalue weighted by Gasteiger charge is 2.25. The standard InChI is InChI=1S/C11H18N.ClH/c1-4-8-11(2,3)12-9-6-5-7-10-12;/h5-7,9-10H,4,8H2,1-3H3;1H/q+1;/p-1. The topological polar surface area (TPSA) is 3.88 Å². The highest BCUT2D eigenvalue weighted by molar-refractivity contribution is 4.84. The third-order valence-electron chi connectivity index (χ3n) is 2.28. The molecular formula is C11H18ClN. The molecule has 74 valence electrons. The summed E-state index contributed by atoms with van der Waals surface area (Å²) in [7, 11) is 0. The van der Waals surface area contributed by atoms with Crippen molar-refractivity contribution >= 4 is 0 Å². The van der Waals surface area contributed by atoms with E-state index in [0.717, 1.165) is 0 Å². The molecule has 0 aliphatic rings. The van der Waals surface area contributed by atoms with Crippen molar-refractivity contribution in [1.29, 1.82) is 0 Å². The lowest BCUT2D eigenvalue weighted by Crippen LogP contribution is -3.00. The van der Waals surface area contributed by atoms with Gasteiger partial charge in [-0.25, -0.2) is 4.57 Å². The van der Waals surface area contributed by atoms with Crippen molar-refractivity contribution < 1.29 is 17.0 Å². The summed E-state index contributed by atoms with van der Waals surface area (Å²) in [5.74, 6) is 0. The van der Waals surface area contributed by atoms with Crippen LogP contribution >= 0.6 is 0 Å². The zero-order chi connectivity index (χ0) is 9.03. The van der Waals surface area contributed by atoms with Crippen molar-refractivity contribution in [2.45, 2.75) is 39.2 Å². The van der Waals surface area contributed by atoms with Gasteiger partial charge in [0.1, 0.15) is 0 Å². The van der Waals surface area contributed by atoms with Crippen LogP contribution in [-0.4, -0.2) is 0 Å². The molecule has 1 rings (SSSR count). The highest BCUT2D eigenvalue weighted by atomic mass is 35.5. The number of pyridine rings is 1. The summed E-state index contributed by atoms with van der Waals surface area (Å²) in [5, 5.41) is 0. The van der Waals surface area contributed by atoms with Crippen LogP contribution in [0.3, 0.4) is 0 Å². The maximum atomic E-state index is 2.27. The second-order valence-corrected chi connectivity index (χ2v) is 3.85. The number of halogens is 1. The largest absolute Gasteiger partial charge is 1.00 e. The van der Waals surface area contributed by atoms with E-state index >= 15 is 0 Å². The molecule has 1 heterocycles. The molecule has 0 atom stereocenters. The van der Waals surface area contributed by atoms with E-state index in [4.69, 9.17) is 0 Å². The van der Waals surface area contributed by atoms with Gasteiger partial charge in [-0.3, -0.25) is 0 Å². The minimum atomic E-state index is 0. The number of hydrogen-bond acceptors (Lipinski definition) is 0. The van der Waals surface area contributed by atoms with Gasteiger partial charge in [-0.2, -0.15) is 0 Å². The molecule has 1 aromatic heterocycles. The summed E-state index contributed by atoms with van der Waals surface area (Å²) < 4.78 is 2.27. The lowest BCUT2D eigenvalue weighted by atomic mass is 9.98. The fraction of sp³-hybridized carbons (Fsp3) is 0.545. The molecule has 0 N–H and O–H groups in total.